The lowest BCUT2D eigenvalue weighted by Gasteiger charge is -2.12. The number of rotatable bonds is 7. The molecule has 34 heavy (non-hydrogen) atoms. The summed E-state index contributed by atoms with van der Waals surface area (Å²) in [6.45, 7) is 4.08. The van der Waals surface area contributed by atoms with Gasteiger partial charge < -0.3 is 5.32 Å². The van der Waals surface area contributed by atoms with Crippen molar-refractivity contribution in [2.75, 3.05) is 0 Å². The topological polar surface area (TPSA) is 52.9 Å². The summed E-state index contributed by atoms with van der Waals surface area (Å²) >= 11 is 2.97. The van der Waals surface area contributed by atoms with Gasteiger partial charge in [0.2, 0.25) is 5.91 Å². The van der Waals surface area contributed by atoms with Crippen LogP contribution in [0.15, 0.2) is 111 Å². The molecule has 1 N–H and O–H groups in total. The van der Waals surface area contributed by atoms with Crippen molar-refractivity contribution in [1.29, 1.82) is 5.26 Å². The Morgan fingerprint density at radius 1 is 0.794 bits per heavy atom. The highest BCUT2D eigenvalue weighted by Gasteiger charge is 2.15. The van der Waals surface area contributed by atoms with E-state index in [-0.39, 0.29) is 18.0 Å². The minimum absolute atomic E-state index is 0.199. The van der Waals surface area contributed by atoms with Crippen molar-refractivity contribution in [2.45, 2.75) is 30.1 Å². The number of nitrogens with zero attached hydrogens (tertiary/aromatic N) is 1. The fourth-order valence-corrected chi connectivity index (χ4v) is 5.59. The maximum Gasteiger partial charge on any atom is 0.229 e. The number of nitrogens with one attached hydrogen (secondary N) is 1. The maximum atomic E-state index is 13.0. The van der Waals surface area contributed by atoms with Gasteiger partial charge >= 0.3 is 0 Å². The third-order valence-corrected chi connectivity index (χ3v) is 7.57. The molecule has 0 atom stereocenters. The molecule has 1 amide bonds. The Bertz CT molecular complexity index is 1330. The number of thioether (sulfide) groups is 2. The SMILES string of the molecule is Cc1ccc(SC(Sc2ccc(C)cc2)=C(C#N)NC(=O)Cc2cccc3ccccc23)cc1. The second-order valence-electron chi connectivity index (χ2n) is 7.97. The number of hydrogen-bond donors (Lipinski definition) is 1. The second-order valence-corrected chi connectivity index (χ2v) is 10.4. The summed E-state index contributed by atoms with van der Waals surface area (Å²) in [4.78, 5) is 15.0. The van der Waals surface area contributed by atoms with Crippen LogP contribution < -0.4 is 5.32 Å². The van der Waals surface area contributed by atoms with E-state index in [9.17, 15) is 10.1 Å². The van der Waals surface area contributed by atoms with Crippen LogP contribution in [-0.2, 0) is 11.2 Å². The van der Waals surface area contributed by atoms with E-state index in [4.69, 9.17) is 0 Å². The molecular weight excluding hydrogens is 456 g/mol. The third kappa shape index (κ3) is 6.11. The number of nitriles is 1. The van der Waals surface area contributed by atoms with Crippen LogP contribution in [0.4, 0.5) is 0 Å². The molecule has 0 aromatic heterocycles. The highest BCUT2D eigenvalue weighted by Crippen LogP contribution is 2.41. The Hall–Kier alpha value is -3.46. The molecule has 0 radical (unpaired) electrons. The molecule has 0 aliphatic carbocycles. The lowest BCUT2D eigenvalue weighted by Crippen LogP contribution is -2.24. The van der Waals surface area contributed by atoms with Crippen LogP contribution in [0, 0.1) is 25.2 Å². The lowest BCUT2D eigenvalue weighted by atomic mass is 10.0. The molecule has 5 heteroatoms. The fraction of sp³-hybridized carbons (Fsp3) is 0.103. The summed E-state index contributed by atoms with van der Waals surface area (Å²) in [7, 11) is 0. The van der Waals surface area contributed by atoms with Crippen LogP contribution in [0.2, 0.25) is 0 Å². The van der Waals surface area contributed by atoms with Crippen molar-refractivity contribution < 1.29 is 4.79 Å². The minimum Gasteiger partial charge on any atom is -0.316 e. The molecule has 3 nitrogen and oxygen atoms in total. The molecule has 168 valence electrons. The summed E-state index contributed by atoms with van der Waals surface area (Å²) in [5, 5.41) is 15.0. The Balaban J connectivity index is 1.61. The normalized spacial score (nSPS) is 10.5. The molecule has 4 aromatic carbocycles. The number of allylic oxidation sites excluding steroid dienone is 1. The van der Waals surface area contributed by atoms with Crippen molar-refractivity contribution in [3.63, 3.8) is 0 Å². The molecule has 0 bridgehead atoms. The Morgan fingerprint density at radius 2 is 1.35 bits per heavy atom. The van der Waals surface area contributed by atoms with Crippen LogP contribution in [-0.4, -0.2) is 5.91 Å². The number of carbonyl (C=O) groups is 1. The zero-order valence-electron chi connectivity index (χ0n) is 19.0. The fourth-order valence-electron chi connectivity index (χ4n) is 3.48. The number of benzene rings is 4. The smallest absolute Gasteiger partial charge is 0.229 e. The lowest BCUT2D eigenvalue weighted by molar-refractivity contribution is -0.119. The number of fused-ring (bicyclic) bond motifs is 1. The summed E-state index contributed by atoms with van der Waals surface area (Å²) in [6.07, 6.45) is 0.199. The van der Waals surface area contributed by atoms with E-state index in [1.807, 2.05) is 105 Å². The zero-order valence-corrected chi connectivity index (χ0v) is 20.7. The predicted octanol–water partition coefficient (Wildman–Crippen LogP) is 7.39. The molecule has 0 aliphatic rings. The highest BCUT2D eigenvalue weighted by atomic mass is 32.2. The molecule has 0 fully saturated rings. The Kier molecular flexibility index (Phi) is 7.74. The van der Waals surface area contributed by atoms with Crippen molar-refractivity contribution in [3.05, 3.63) is 118 Å². The van der Waals surface area contributed by atoms with Gasteiger partial charge in [0.05, 0.1) is 10.7 Å². The van der Waals surface area contributed by atoms with Crippen molar-refractivity contribution in [2.24, 2.45) is 0 Å². The quantitative estimate of drug-likeness (QED) is 0.221. The third-order valence-electron chi connectivity index (χ3n) is 5.27. The van der Waals surface area contributed by atoms with Gasteiger partial charge in [0.15, 0.2) is 0 Å². The molecular formula is C29H24N2OS2. The van der Waals surface area contributed by atoms with Gasteiger partial charge in [0.1, 0.15) is 11.8 Å². The average molecular weight is 481 g/mol. The zero-order chi connectivity index (χ0) is 23.9. The largest absolute Gasteiger partial charge is 0.316 e. The molecule has 0 unspecified atom stereocenters. The summed E-state index contributed by atoms with van der Waals surface area (Å²) in [5.41, 5.74) is 3.54. The first-order valence-corrected chi connectivity index (χ1v) is 12.5. The van der Waals surface area contributed by atoms with Crippen LogP contribution in [0.5, 0.6) is 0 Å². The monoisotopic (exact) mass is 480 g/mol. The highest BCUT2D eigenvalue weighted by molar-refractivity contribution is 8.22. The molecule has 4 rings (SSSR count). The van der Waals surface area contributed by atoms with E-state index in [1.54, 1.807) is 0 Å². The van der Waals surface area contributed by atoms with E-state index in [0.29, 0.717) is 0 Å². The summed E-state index contributed by atoms with van der Waals surface area (Å²) in [6, 6.07) is 32.5. The predicted molar refractivity (Wildman–Crippen MR) is 143 cm³/mol. The van der Waals surface area contributed by atoms with Crippen molar-refractivity contribution in [1.82, 2.24) is 5.32 Å². The molecule has 0 spiro atoms. The first-order chi connectivity index (χ1) is 16.5. The first-order valence-electron chi connectivity index (χ1n) is 10.9. The van der Waals surface area contributed by atoms with E-state index in [2.05, 4.69) is 11.4 Å². The van der Waals surface area contributed by atoms with Crippen LogP contribution in [0.1, 0.15) is 16.7 Å². The first kappa shape index (κ1) is 23.7. The van der Waals surface area contributed by atoms with Gasteiger partial charge in [-0.05, 0) is 54.4 Å². The molecule has 4 aromatic rings. The van der Waals surface area contributed by atoms with Crippen molar-refractivity contribution >= 4 is 40.2 Å². The number of amides is 1. The van der Waals surface area contributed by atoms with E-state index < -0.39 is 0 Å². The maximum absolute atomic E-state index is 13.0. The van der Waals surface area contributed by atoms with Gasteiger partial charge in [-0.15, -0.1) is 0 Å². The van der Waals surface area contributed by atoms with E-state index in [0.717, 1.165) is 30.4 Å². The van der Waals surface area contributed by atoms with Gasteiger partial charge in [0, 0.05) is 9.79 Å². The van der Waals surface area contributed by atoms with E-state index >= 15 is 0 Å². The van der Waals surface area contributed by atoms with Gasteiger partial charge in [-0.2, -0.15) is 5.26 Å². The van der Waals surface area contributed by atoms with Gasteiger partial charge in [-0.25, -0.2) is 0 Å². The van der Waals surface area contributed by atoms with Gasteiger partial charge in [-0.3, -0.25) is 4.79 Å². The van der Waals surface area contributed by atoms with E-state index in [1.165, 1.54) is 34.7 Å². The van der Waals surface area contributed by atoms with Gasteiger partial charge in [0.25, 0.3) is 0 Å². The minimum atomic E-state index is -0.209. The van der Waals surface area contributed by atoms with Crippen LogP contribution >= 0.6 is 23.5 Å². The number of aryl methyl sites for hydroxylation is 2. The average Bonchev–Trinajstić information content (AvgIpc) is 2.85. The van der Waals surface area contributed by atoms with Gasteiger partial charge in [-0.1, -0.05) is 101 Å². The molecule has 0 aliphatic heterocycles. The molecule has 0 saturated carbocycles. The Morgan fingerprint density at radius 3 is 1.94 bits per heavy atom. The summed E-state index contributed by atoms with van der Waals surface area (Å²) in [5.74, 6) is -0.209. The van der Waals surface area contributed by atoms with Crippen LogP contribution in [0.25, 0.3) is 10.8 Å². The Labute approximate surface area is 208 Å². The molecule has 0 saturated heterocycles. The summed E-state index contributed by atoms with van der Waals surface area (Å²) < 4.78 is 0.737. The van der Waals surface area contributed by atoms with Crippen molar-refractivity contribution in [3.8, 4) is 6.07 Å². The standard InChI is InChI=1S/C29H24N2OS2/c1-20-10-14-24(15-11-20)33-29(34-25-16-12-21(2)13-17-25)27(19-30)31-28(32)18-23-8-5-7-22-6-3-4-9-26(22)23/h3-17H,18H2,1-2H3,(H,31,32). The molecule has 0 heterocycles. The number of hydrogen-bond acceptors (Lipinski definition) is 4. The van der Waals surface area contributed by atoms with Crippen LogP contribution in [0.3, 0.4) is 0 Å². The number of carbonyl (C=O) groups excluding carboxylic acids is 1. The second kappa shape index (κ2) is 11.1.